The molecule has 0 amide bonds. The van der Waals surface area contributed by atoms with Crippen LogP contribution in [-0.2, 0) is 16.0 Å². The van der Waals surface area contributed by atoms with Gasteiger partial charge in [0.25, 0.3) is 0 Å². The standard InChI is InChI=1S/C30H38F2N2O5/c1-3-5-19-6-11-22(12-7-19)30(31,32)39-24-13-8-20(9-14-24)10-15-28(35)38-23(4-2)18-25-26(33)16-21(29(36)37)17-27(25)34/h8-10,13-17,19,22-23H,3-7,11-12,18,33-34H2,1-2H3,(H,36,37). The average molecular weight is 545 g/mol. The van der Waals surface area contributed by atoms with E-state index in [2.05, 4.69) is 6.92 Å². The highest BCUT2D eigenvalue weighted by Crippen LogP contribution is 2.41. The number of nitrogen functional groups attached to an aromatic ring is 2. The fourth-order valence-corrected chi connectivity index (χ4v) is 5.02. The maximum absolute atomic E-state index is 14.7. The molecule has 0 radical (unpaired) electrons. The zero-order valence-corrected chi connectivity index (χ0v) is 22.5. The van der Waals surface area contributed by atoms with Crippen LogP contribution in [0, 0.1) is 11.8 Å². The number of rotatable bonds is 12. The van der Waals surface area contributed by atoms with Gasteiger partial charge < -0.3 is 26.0 Å². The van der Waals surface area contributed by atoms with Crippen LogP contribution < -0.4 is 16.2 Å². The number of carbonyl (C=O) groups excluding carboxylic acids is 1. The molecule has 3 rings (SSSR count). The minimum absolute atomic E-state index is 0.0172. The molecular weight excluding hydrogens is 506 g/mol. The van der Waals surface area contributed by atoms with Gasteiger partial charge in [-0.15, -0.1) is 0 Å². The van der Waals surface area contributed by atoms with Crippen molar-refractivity contribution >= 4 is 29.4 Å². The Morgan fingerprint density at radius 3 is 2.23 bits per heavy atom. The molecule has 2 aromatic rings. The first kappa shape index (κ1) is 29.9. The molecule has 1 unspecified atom stereocenters. The molecule has 9 heteroatoms. The van der Waals surface area contributed by atoms with Crippen LogP contribution in [-0.4, -0.2) is 29.3 Å². The largest absolute Gasteiger partial charge is 0.478 e. The Balaban J connectivity index is 1.54. The molecule has 7 nitrogen and oxygen atoms in total. The third-order valence-electron chi connectivity index (χ3n) is 7.30. The second kappa shape index (κ2) is 13.4. The first-order valence-corrected chi connectivity index (χ1v) is 13.5. The normalized spacial score (nSPS) is 18.6. The highest BCUT2D eigenvalue weighted by atomic mass is 19.3. The van der Waals surface area contributed by atoms with Gasteiger partial charge in [0, 0.05) is 29.4 Å². The molecule has 1 aliphatic carbocycles. The van der Waals surface area contributed by atoms with Gasteiger partial charge in [-0.3, -0.25) is 0 Å². The van der Waals surface area contributed by atoms with E-state index in [-0.39, 0.29) is 29.1 Å². The molecule has 1 fully saturated rings. The van der Waals surface area contributed by atoms with Gasteiger partial charge in [0.1, 0.15) is 11.9 Å². The number of hydrogen-bond acceptors (Lipinski definition) is 6. The molecule has 0 aromatic heterocycles. The average Bonchev–Trinajstić information content (AvgIpc) is 2.89. The Bertz CT molecular complexity index is 1140. The number of nitrogens with two attached hydrogens (primary N) is 2. The molecule has 1 aliphatic rings. The summed E-state index contributed by atoms with van der Waals surface area (Å²) in [4.78, 5) is 23.6. The van der Waals surface area contributed by atoms with Gasteiger partial charge in [0.15, 0.2) is 0 Å². The van der Waals surface area contributed by atoms with E-state index in [1.54, 1.807) is 12.1 Å². The van der Waals surface area contributed by atoms with Crippen LogP contribution in [0.5, 0.6) is 5.75 Å². The summed E-state index contributed by atoms with van der Waals surface area (Å²) in [7, 11) is 0. The Hall–Kier alpha value is -3.62. The van der Waals surface area contributed by atoms with Crippen molar-refractivity contribution in [3.05, 3.63) is 59.2 Å². The molecule has 1 saturated carbocycles. The van der Waals surface area contributed by atoms with Gasteiger partial charge >= 0.3 is 18.0 Å². The molecule has 2 aromatic carbocycles. The van der Waals surface area contributed by atoms with Gasteiger partial charge in [-0.25, -0.2) is 9.59 Å². The highest BCUT2D eigenvalue weighted by Gasteiger charge is 2.43. The summed E-state index contributed by atoms with van der Waals surface area (Å²) in [6, 6.07) is 8.76. The van der Waals surface area contributed by atoms with E-state index in [0.717, 1.165) is 25.7 Å². The van der Waals surface area contributed by atoms with Crippen LogP contribution >= 0.6 is 0 Å². The monoisotopic (exact) mass is 544 g/mol. The zero-order chi connectivity index (χ0) is 28.6. The topological polar surface area (TPSA) is 125 Å². The lowest BCUT2D eigenvalue weighted by Gasteiger charge is -2.33. The molecule has 0 aliphatic heterocycles. The second-order valence-corrected chi connectivity index (χ2v) is 10.2. The van der Waals surface area contributed by atoms with Gasteiger partial charge in [0.05, 0.1) is 11.5 Å². The summed E-state index contributed by atoms with van der Waals surface area (Å²) in [5, 5.41) is 9.14. The van der Waals surface area contributed by atoms with Crippen molar-refractivity contribution < 1.29 is 33.0 Å². The Kier molecular flexibility index (Phi) is 10.3. The molecule has 212 valence electrons. The van der Waals surface area contributed by atoms with E-state index in [1.165, 1.54) is 36.4 Å². The number of halogens is 2. The zero-order valence-electron chi connectivity index (χ0n) is 22.5. The number of aromatic carboxylic acids is 1. The number of anilines is 2. The van der Waals surface area contributed by atoms with Crippen LogP contribution in [0.1, 0.15) is 80.3 Å². The molecule has 0 spiro atoms. The minimum Gasteiger partial charge on any atom is -0.478 e. The molecule has 0 saturated heterocycles. The van der Waals surface area contributed by atoms with Gasteiger partial charge in [-0.1, -0.05) is 38.8 Å². The maximum Gasteiger partial charge on any atom is 0.400 e. The molecule has 0 bridgehead atoms. The van der Waals surface area contributed by atoms with E-state index < -0.39 is 30.1 Å². The number of esters is 1. The van der Waals surface area contributed by atoms with E-state index >= 15 is 0 Å². The third-order valence-corrected chi connectivity index (χ3v) is 7.30. The second-order valence-electron chi connectivity index (χ2n) is 10.2. The van der Waals surface area contributed by atoms with Crippen molar-refractivity contribution in [2.75, 3.05) is 11.5 Å². The Morgan fingerprint density at radius 1 is 1.08 bits per heavy atom. The first-order chi connectivity index (χ1) is 18.5. The smallest absolute Gasteiger partial charge is 0.400 e. The van der Waals surface area contributed by atoms with E-state index in [9.17, 15) is 18.4 Å². The number of hydrogen-bond donors (Lipinski definition) is 3. The third kappa shape index (κ3) is 8.43. The molecule has 1 atom stereocenters. The number of benzene rings is 2. The van der Waals surface area contributed by atoms with E-state index in [1.807, 2.05) is 6.92 Å². The summed E-state index contributed by atoms with van der Waals surface area (Å²) >= 11 is 0. The summed E-state index contributed by atoms with van der Waals surface area (Å²) in [5.41, 5.74) is 13.5. The fourth-order valence-electron chi connectivity index (χ4n) is 5.02. The Morgan fingerprint density at radius 2 is 1.69 bits per heavy atom. The lowest BCUT2D eigenvalue weighted by atomic mass is 9.79. The van der Waals surface area contributed by atoms with Crippen molar-refractivity contribution in [1.29, 1.82) is 0 Å². The van der Waals surface area contributed by atoms with Crippen LogP contribution in [0.15, 0.2) is 42.5 Å². The lowest BCUT2D eigenvalue weighted by molar-refractivity contribution is -0.223. The van der Waals surface area contributed by atoms with Crippen LogP contribution in [0.3, 0.4) is 0 Å². The number of carboxylic acids is 1. The summed E-state index contributed by atoms with van der Waals surface area (Å²) < 4.78 is 40.1. The van der Waals surface area contributed by atoms with Crippen molar-refractivity contribution in [3.63, 3.8) is 0 Å². The number of carbonyl (C=O) groups is 2. The van der Waals surface area contributed by atoms with Gasteiger partial charge in [-0.05, 0) is 73.9 Å². The van der Waals surface area contributed by atoms with Gasteiger partial charge in [0.2, 0.25) is 0 Å². The number of carboxylic acid groups (broad SMARTS) is 1. The summed E-state index contributed by atoms with van der Waals surface area (Å²) in [5.74, 6) is -1.90. The predicted octanol–water partition coefficient (Wildman–Crippen LogP) is 6.71. The molecule has 39 heavy (non-hydrogen) atoms. The molecule has 0 heterocycles. The maximum atomic E-state index is 14.7. The van der Waals surface area contributed by atoms with Crippen molar-refractivity contribution in [2.24, 2.45) is 11.8 Å². The molecular formula is C30H38F2N2O5. The van der Waals surface area contributed by atoms with Crippen LogP contribution in [0.2, 0.25) is 0 Å². The van der Waals surface area contributed by atoms with Gasteiger partial charge in [-0.2, -0.15) is 8.78 Å². The predicted molar refractivity (Wildman–Crippen MR) is 148 cm³/mol. The Labute approximate surface area is 228 Å². The van der Waals surface area contributed by atoms with Crippen molar-refractivity contribution in [3.8, 4) is 5.75 Å². The van der Waals surface area contributed by atoms with Crippen molar-refractivity contribution in [1.82, 2.24) is 0 Å². The number of ether oxygens (including phenoxy) is 2. The van der Waals surface area contributed by atoms with E-state index in [0.29, 0.717) is 36.3 Å². The minimum atomic E-state index is -3.23. The van der Waals surface area contributed by atoms with Crippen molar-refractivity contribution in [2.45, 2.75) is 77.4 Å². The lowest BCUT2D eigenvalue weighted by Crippen LogP contribution is -2.37. The molecule has 5 N–H and O–H groups in total. The van der Waals surface area contributed by atoms with Crippen LogP contribution in [0.25, 0.3) is 6.08 Å². The summed E-state index contributed by atoms with van der Waals surface area (Å²) in [6.45, 7) is 3.96. The fraction of sp³-hybridized carbons (Fsp3) is 0.467. The highest BCUT2D eigenvalue weighted by molar-refractivity contribution is 5.91. The van der Waals surface area contributed by atoms with E-state index in [4.69, 9.17) is 26.0 Å². The quantitative estimate of drug-likeness (QED) is 0.154. The summed E-state index contributed by atoms with van der Waals surface area (Å²) in [6.07, 6.45) is 4.46. The van der Waals surface area contributed by atoms with Crippen LogP contribution in [0.4, 0.5) is 20.2 Å². The SMILES string of the molecule is CCCC1CCC(C(F)(F)Oc2ccc(C=CC(=O)OC(CC)Cc3c(N)cc(C(=O)O)cc3N)cc2)CC1. The number of alkyl halides is 2. The first-order valence-electron chi connectivity index (χ1n) is 13.5.